The summed E-state index contributed by atoms with van der Waals surface area (Å²) in [5.74, 6) is 0.571. The molecule has 0 radical (unpaired) electrons. The van der Waals surface area contributed by atoms with Crippen LogP contribution in [0.25, 0.3) is 6.08 Å². The van der Waals surface area contributed by atoms with Crippen LogP contribution >= 0.6 is 51.5 Å². The molecular formula is C18H13BrClNO2S2. The molecule has 0 unspecified atom stereocenters. The first kappa shape index (κ1) is 18.5. The number of anilines is 1. The smallest absolute Gasteiger partial charge is 0.270 e. The Balaban J connectivity index is 1.96. The molecule has 0 spiro atoms. The van der Waals surface area contributed by atoms with Crippen LogP contribution in [-0.4, -0.2) is 16.8 Å². The molecule has 1 fully saturated rings. The maximum Gasteiger partial charge on any atom is 0.270 e. The standard InChI is InChI=1S/C18H13BrClNO2S2/c1-2-23-15-8-3-12(19)9-11(15)10-16-17(22)21(18(24)25-16)14-6-4-13(20)5-7-14/h3-10H,2H2,1H3/b16-10-. The molecule has 0 aliphatic carbocycles. The number of carbonyl (C=O) groups excluding carboxylic acids is 1. The molecule has 7 heteroatoms. The van der Waals surface area contributed by atoms with Crippen molar-refractivity contribution >= 4 is 73.5 Å². The van der Waals surface area contributed by atoms with Gasteiger partial charge in [0.2, 0.25) is 0 Å². The van der Waals surface area contributed by atoms with Gasteiger partial charge in [-0.25, -0.2) is 0 Å². The quantitative estimate of drug-likeness (QED) is 0.424. The number of ether oxygens (including phenoxy) is 1. The van der Waals surface area contributed by atoms with Gasteiger partial charge in [0.15, 0.2) is 4.32 Å². The number of benzene rings is 2. The van der Waals surface area contributed by atoms with Gasteiger partial charge in [0.05, 0.1) is 17.2 Å². The van der Waals surface area contributed by atoms with E-state index in [0.717, 1.165) is 15.8 Å². The van der Waals surface area contributed by atoms with Gasteiger partial charge in [-0.15, -0.1) is 0 Å². The van der Waals surface area contributed by atoms with Crippen molar-refractivity contribution in [3.8, 4) is 5.75 Å². The number of thiocarbonyl (C=S) groups is 1. The highest BCUT2D eigenvalue weighted by Crippen LogP contribution is 2.37. The van der Waals surface area contributed by atoms with Crippen LogP contribution in [0.4, 0.5) is 5.69 Å². The third-order valence-electron chi connectivity index (χ3n) is 3.44. The SMILES string of the molecule is CCOc1ccc(Br)cc1/C=C1\SC(=S)N(c2ccc(Cl)cc2)C1=O. The van der Waals surface area contributed by atoms with Gasteiger partial charge in [0.25, 0.3) is 5.91 Å². The Morgan fingerprint density at radius 2 is 2.00 bits per heavy atom. The van der Waals surface area contributed by atoms with Crippen molar-refractivity contribution in [3.05, 3.63) is 62.4 Å². The summed E-state index contributed by atoms with van der Waals surface area (Å²) < 4.78 is 7.05. The molecule has 1 aliphatic heterocycles. The normalized spacial score (nSPS) is 16.0. The number of carbonyl (C=O) groups is 1. The molecule has 1 saturated heterocycles. The molecule has 3 rings (SSSR count). The van der Waals surface area contributed by atoms with Gasteiger partial charge in [-0.2, -0.15) is 0 Å². The van der Waals surface area contributed by atoms with Crippen molar-refractivity contribution in [3.63, 3.8) is 0 Å². The summed E-state index contributed by atoms with van der Waals surface area (Å²) in [6.07, 6.45) is 1.81. The second kappa shape index (κ2) is 7.91. The molecule has 3 nitrogen and oxygen atoms in total. The summed E-state index contributed by atoms with van der Waals surface area (Å²) in [4.78, 5) is 14.9. The third kappa shape index (κ3) is 4.08. The predicted molar refractivity (Wildman–Crippen MR) is 112 cm³/mol. The van der Waals surface area contributed by atoms with Gasteiger partial charge in [-0.3, -0.25) is 9.69 Å². The predicted octanol–water partition coefficient (Wildman–Crippen LogP) is 5.91. The summed E-state index contributed by atoms with van der Waals surface area (Å²) in [5, 5.41) is 0.611. The highest BCUT2D eigenvalue weighted by atomic mass is 79.9. The first-order valence-corrected chi connectivity index (χ1v) is 9.85. The largest absolute Gasteiger partial charge is 0.493 e. The van der Waals surface area contributed by atoms with E-state index in [1.807, 2.05) is 31.2 Å². The van der Waals surface area contributed by atoms with Crippen LogP contribution in [-0.2, 0) is 4.79 Å². The van der Waals surface area contributed by atoms with Gasteiger partial charge >= 0.3 is 0 Å². The van der Waals surface area contributed by atoms with Crippen LogP contribution in [0.1, 0.15) is 12.5 Å². The van der Waals surface area contributed by atoms with Crippen LogP contribution in [0.5, 0.6) is 5.75 Å². The minimum Gasteiger partial charge on any atom is -0.493 e. The maximum atomic E-state index is 12.8. The number of halogens is 2. The molecular weight excluding hydrogens is 442 g/mol. The summed E-state index contributed by atoms with van der Waals surface area (Å²) in [6.45, 7) is 2.47. The fraction of sp³-hybridized carbons (Fsp3) is 0.111. The average molecular weight is 455 g/mol. The number of nitrogens with zero attached hydrogens (tertiary/aromatic N) is 1. The van der Waals surface area contributed by atoms with E-state index in [-0.39, 0.29) is 5.91 Å². The minimum atomic E-state index is -0.153. The van der Waals surface area contributed by atoms with Crippen molar-refractivity contribution < 1.29 is 9.53 Å². The molecule has 2 aromatic rings. The Labute approximate surface area is 169 Å². The van der Waals surface area contributed by atoms with Gasteiger partial charge < -0.3 is 4.74 Å². The molecule has 0 saturated carbocycles. The second-order valence-electron chi connectivity index (χ2n) is 5.11. The highest BCUT2D eigenvalue weighted by molar-refractivity contribution is 9.10. The van der Waals surface area contributed by atoms with Crippen LogP contribution in [0, 0.1) is 0 Å². The topological polar surface area (TPSA) is 29.5 Å². The lowest BCUT2D eigenvalue weighted by Crippen LogP contribution is -2.27. The van der Waals surface area contributed by atoms with Crippen LogP contribution in [0.3, 0.4) is 0 Å². The minimum absolute atomic E-state index is 0.153. The van der Waals surface area contributed by atoms with Crippen molar-refractivity contribution in [2.24, 2.45) is 0 Å². The summed E-state index contributed by atoms with van der Waals surface area (Å²) >= 11 is 16.0. The monoisotopic (exact) mass is 453 g/mol. The zero-order chi connectivity index (χ0) is 18.0. The van der Waals surface area contributed by atoms with Crippen molar-refractivity contribution in [2.75, 3.05) is 11.5 Å². The Morgan fingerprint density at radius 1 is 1.28 bits per heavy atom. The number of hydrogen-bond acceptors (Lipinski definition) is 4. The van der Waals surface area contributed by atoms with E-state index >= 15 is 0 Å². The first-order chi connectivity index (χ1) is 12.0. The maximum absolute atomic E-state index is 12.8. The van der Waals surface area contributed by atoms with Crippen molar-refractivity contribution in [1.82, 2.24) is 0 Å². The Hall–Kier alpha value is -1.34. The molecule has 1 amide bonds. The molecule has 128 valence electrons. The fourth-order valence-corrected chi connectivity index (χ4v) is 4.14. The fourth-order valence-electron chi connectivity index (χ4n) is 2.34. The molecule has 1 heterocycles. The van der Waals surface area contributed by atoms with E-state index in [2.05, 4.69) is 15.9 Å². The van der Waals surface area contributed by atoms with Gasteiger partial charge in [0.1, 0.15) is 5.75 Å². The highest BCUT2D eigenvalue weighted by Gasteiger charge is 2.33. The number of hydrogen-bond donors (Lipinski definition) is 0. The lowest BCUT2D eigenvalue weighted by atomic mass is 10.2. The Bertz CT molecular complexity index is 868. The lowest BCUT2D eigenvalue weighted by molar-refractivity contribution is -0.113. The Kier molecular flexibility index (Phi) is 5.84. The molecule has 0 atom stereocenters. The van der Waals surface area contributed by atoms with Crippen LogP contribution < -0.4 is 9.64 Å². The number of thioether (sulfide) groups is 1. The van der Waals surface area contributed by atoms with E-state index in [4.69, 9.17) is 28.6 Å². The number of rotatable bonds is 4. The van der Waals surface area contributed by atoms with Crippen molar-refractivity contribution in [1.29, 1.82) is 0 Å². The molecule has 25 heavy (non-hydrogen) atoms. The second-order valence-corrected chi connectivity index (χ2v) is 8.14. The first-order valence-electron chi connectivity index (χ1n) is 7.45. The zero-order valence-corrected chi connectivity index (χ0v) is 17.1. The van der Waals surface area contributed by atoms with E-state index < -0.39 is 0 Å². The number of amides is 1. The lowest BCUT2D eigenvalue weighted by Gasteiger charge is -2.14. The van der Waals surface area contributed by atoms with Gasteiger partial charge in [-0.1, -0.05) is 51.5 Å². The molecule has 0 aromatic heterocycles. The van der Waals surface area contributed by atoms with E-state index in [0.29, 0.717) is 26.5 Å². The molecule has 0 N–H and O–H groups in total. The summed E-state index contributed by atoms with van der Waals surface area (Å²) in [7, 11) is 0. The van der Waals surface area contributed by atoms with E-state index in [9.17, 15) is 4.79 Å². The van der Waals surface area contributed by atoms with E-state index in [1.165, 1.54) is 16.7 Å². The van der Waals surface area contributed by atoms with Crippen LogP contribution in [0.15, 0.2) is 51.8 Å². The van der Waals surface area contributed by atoms with Crippen molar-refractivity contribution in [2.45, 2.75) is 6.92 Å². The van der Waals surface area contributed by atoms with E-state index in [1.54, 1.807) is 24.3 Å². The summed E-state index contributed by atoms with van der Waals surface area (Å²) in [5.41, 5.74) is 1.53. The molecule has 1 aliphatic rings. The molecule has 0 bridgehead atoms. The zero-order valence-electron chi connectivity index (χ0n) is 13.2. The Morgan fingerprint density at radius 3 is 2.68 bits per heavy atom. The molecule has 2 aromatic carbocycles. The average Bonchev–Trinajstić information content (AvgIpc) is 2.85. The summed E-state index contributed by atoms with van der Waals surface area (Å²) in [6, 6.07) is 12.7. The van der Waals surface area contributed by atoms with Gasteiger partial charge in [0, 0.05) is 15.1 Å². The van der Waals surface area contributed by atoms with Crippen LogP contribution in [0.2, 0.25) is 5.02 Å². The van der Waals surface area contributed by atoms with Gasteiger partial charge in [-0.05, 0) is 55.5 Å². The third-order valence-corrected chi connectivity index (χ3v) is 5.48.